The van der Waals surface area contributed by atoms with E-state index in [0.717, 1.165) is 40.3 Å². The van der Waals surface area contributed by atoms with Crippen LogP contribution < -0.4 is 9.47 Å². The first-order valence-corrected chi connectivity index (χ1v) is 9.62. The highest BCUT2D eigenvalue weighted by atomic mass is 35.5. The van der Waals surface area contributed by atoms with Crippen LogP contribution >= 0.6 is 11.6 Å². The van der Waals surface area contributed by atoms with Crippen molar-refractivity contribution in [2.24, 2.45) is 5.10 Å². The minimum absolute atomic E-state index is 0.131. The Morgan fingerprint density at radius 2 is 1.86 bits per heavy atom. The predicted octanol–water partition coefficient (Wildman–Crippen LogP) is 5.59. The number of ether oxygens (including phenoxy) is 2. The standard InChI is InChI=1S/C23H19ClN2O2/c1-27-18-11-9-15(10-12-18)23-26-21(19-7-2-3-8-22(19)28-23)14-20(25-26)16-5-4-6-17(24)13-16/h2-13,21,23H,14H2,1H3/t21-,23+/m0/s1. The van der Waals surface area contributed by atoms with Gasteiger partial charge in [-0.3, -0.25) is 0 Å². The molecule has 0 radical (unpaired) electrons. The Morgan fingerprint density at radius 3 is 2.64 bits per heavy atom. The van der Waals surface area contributed by atoms with Gasteiger partial charge in [0.15, 0.2) is 0 Å². The van der Waals surface area contributed by atoms with E-state index in [1.54, 1.807) is 7.11 Å². The molecular formula is C23H19ClN2O2. The summed E-state index contributed by atoms with van der Waals surface area (Å²) in [5.74, 6) is 1.73. The number of para-hydroxylation sites is 1. The summed E-state index contributed by atoms with van der Waals surface area (Å²) in [6.45, 7) is 0. The van der Waals surface area contributed by atoms with Crippen LogP contribution in [-0.2, 0) is 0 Å². The maximum Gasteiger partial charge on any atom is 0.213 e. The Hall–Kier alpha value is -2.98. The predicted molar refractivity (Wildman–Crippen MR) is 110 cm³/mol. The van der Waals surface area contributed by atoms with Gasteiger partial charge in [-0.2, -0.15) is 5.10 Å². The third-order valence-electron chi connectivity index (χ3n) is 5.26. The van der Waals surface area contributed by atoms with Crippen LogP contribution in [0.4, 0.5) is 0 Å². The lowest BCUT2D eigenvalue weighted by Gasteiger charge is -2.38. The number of hydrazone groups is 1. The SMILES string of the molecule is COc1ccc([C@H]2Oc3ccccc3[C@@H]3CC(c4cccc(Cl)c4)=NN23)cc1. The number of hydrogen-bond donors (Lipinski definition) is 0. The third kappa shape index (κ3) is 2.90. The van der Waals surface area contributed by atoms with Crippen LogP contribution in [0.1, 0.15) is 35.4 Å². The number of halogens is 1. The maximum absolute atomic E-state index is 6.37. The van der Waals surface area contributed by atoms with Crippen LogP contribution in [0.3, 0.4) is 0 Å². The van der Waals surface area contributed by atoms with E-state index in [9.17, 15) is 0 Å². The van der Waals surface area contributed by atoms with Gasteiger partial charge in [-0.15, -0.1) is 0 Å². The molecule has 0 unspecified atom stereocenters. The van der Waals surface area contributed by atoms with E-state index >= 15 is 0 Å². The molecule has 4 nitrogen and oxygen atoms in total. The highest BCUT2D eigenvalue weighted by Crippen LogP contribution is 2.47. The molecule has 0 saturated heterocycles. The Labute approximate surface area is 169 Å². The van der Waals surface area contributed by atoms with E-state index in [4.69, 9.17) is 26.2 Å². The zero-order valence-electron chi connectivity index (χ0n) is 15.4. The van der Waals surface area contributed by atoms with Crippen LogP contribution in [0.2, 0.25) is 5.02 Å². The highest BCUT2D eigenvalue weighted by molar-refractivity contribution is 6.31. The molecule has 3 aromatic rings. The topological polar surface area (TPSA) is 34.1 Å². The van der Waals surface area contributed by atoms with Crippen molar-refractivity contribution in [3.63, 3.8) is 0 Å². The first kappa shape index (κ1) is 17.1. The number of rotatable bonds is 3. The van der Waals surface area contributed by atoms with Crippen molar-refractivity contribution in [2.75, 3.05) is 7.11 Å². The highest BCUT2D eigenvalue weighted by Gasteiger charge is 2.40. The van der Waals surface area contributed by atoms with Crippen LogP contribution in [0.5, 0.6) is 11.5 Å². The van der Waals surface area contributed by atoms with Crippen LogP contribution in [0, 0.1) is 0 Å². The second kappa shape index (κ2) is 6.88. The first-order chi connectivity index (χ1) is 13.7. The number of hydrogen-bond acceptors (Lipinski definition) is 4. The Morgan fingerprint density at radius 1 is 1.04 bits per heavy atom. The molecule has 3 aromatic carbocycles. The van der Waals surface area contributed by atoms with E-state index in [1.165, 1.54) is 0 Å². The smallest absolute Gasteiger partial charge is 0.213 e. The van der Waals surface area contributed by atoms with Crippen LogP contribution in [-0.4, -0.2) is 17.8 Å². The summed E-state index contributed by atoms with van der Waals surface area (Å²) in [4.78, 5) is 0. The molecule has 0 aromatic heterocycles. The van der Waals surface area contributed by atoms with Crippen molar-refractivity contribution in [2.45, 2.75) is 18.7 Å². The zero-order chi connectivity index (χ0) is 19.1. The van der Waals surface area contributed by atoms with Gasteiger partial charge in [-0.25, -0.2) is 5.01 Å². The van der Waals surface area contributed by atoms with Gasteiger partial charge in [0, 0.05) is 22.6 Å². The fourth-order valence-electron chi connectivity index (χ4n) is 3.87. The van der Waals surface area contributed by atoms with Crippen molar-refractivity contribution in [1.82, 2.24) is 5.01 Å². The van der Waals surface area contributed by atoms with E-state index in [0.29, 0.717) is 5.02 Å². The lowest BCUT2D eigenvalue weighted by atomic mass is 9.96. The molecule has 0 fully saturated rings. The van der Waals surface area contributed by atoms with Crippen molar-refractivity contribution in [1.29, 1.82) is 0 Å². The fourth-order valence-corrected chi connectivity index (χ4v) is 4.06. The van der Waals surface area contributed by atoms with Gasteiger partial charge in [0.2, 0.25) is 6.23 Å². The van der Waals surface area contributed by atoms with Crippen molar-refractivity contribution in [3.05, 3.63) is 94.5 Å². The number of fused-ring (bicyclic) bond motifs is 3. The van der Waals surface area contributed by atoms with E-state index in [2.05, 4.69) is 17.1 Å². The number of methoxy groups -OCH3 is 1. The molecule has 2 aliphatic heterocycles. The minimum atomic E-state index is -0.289. The molecular weight excluding hydrogens is 372 g/mol. The zero-order valence-corrected chi connectivity index (χ0v) is 16.1. The van der Waals surface area contributed by atoms with Gasteiger partial charge in [-0.1, -0.05) is 41.9 Å². The second-order valence-corrected chi connectivity index (χ2v) is 7.37. The first-order valence-electron chi connectivity index (χ1n) is 9.24. The molecule has 2 aliphatic rings. The van der Waals surface area contributed by atoms with E-state index < -0.39 is 0 Å². The molecule has 0 bridgehead atoms. The maximum atomic E-state index is 6.37. The molecule has 5 heteroatoms. The van der Waals surface area contributed by atoms with Crippen molar-refractivity contribution >= 4 is 17.3 Å². The van der Waals surface area contributed by atoms with Gasteiger partial charge >= 0.3 is 0 Å². The van der Waals surface area contributed by atoms with Gasteiger partial charge in [-0.05, 0) is 48.0 Å². The Balaban J connectivity index is 1.57. The quantitative estimate of drug-likeness (QED) is 0.584. The average molecular weight is 391 g/mol. The fraction of sp³-hybridized carbons (Fsp3) is 0.174. The summed E-state index contributed by atoms with van der Waals surface area (Å²) in [6, 6.07) is 24.2. The van der Waals surface area contributed by atoms with Crippen LogP contribution in [0.15, 0.2) is 77.9 Å². The summed E-state index contributed by atoms with van der Waals surface area (Å²) >= 11 is 6.21. The summed E-state index contributed by atoms with van der Waals surface area (Å²) in [7, 11) is 1.67. The summed E-state index contributed by atoms with van der Waals surface area (Å²) < 4.78 is 11.7. The van der Waals surface area contributed by atoms with E-state index in [-0.39, 0.29) is 12.3 Å². The molecule has 28 heavy (non-hydrogen) atoms. The minimum Gasteiger partial charge on any atom is -0.497 e. The largest absolute Gasteiger partial charge is 0.497 e. The number of benzene rings is 3. The van der Waals surface area contributed by atoms with Crippen molar-refractivity contribution in [3.8, 4) is 11.5 Å². The molecule has 0 saturated carbocycles. The van der Waals surface area contributed by atoms with Gasteiger partial charge in [0.05, 0.1) is 18.9 Å². The molecule has 0 amide bonds. The molecule has 140 valence electrons. The molecule has 5 rings (SSSR count). The summed E-state index contributed by atoms with van der Waals surface area (Å²) in [5.41, 5.74) is 4.27. The Kier molecular flexibility index (Phi) is 4.21. The summed E-state index contributed by atoms with van der Waals surface area (Å²) in [6.07, 6.45) is 0.524. The second-order valence-electron chi connectivity index (χ2n) is 6.94. The molecule has 0 aliphatic carbocycles. The number of nitrogens with zero attached hydrogens (tertiary/aromatic N) is 2. The van der Waals surface area contributed by atoms with E-state index in [1.807, 2.05) is 60.7 Å². The van der Waals surface area contributed by atoms with Gasteiger partial charge in [0.1, 0.15) is 11.5 Å². The molecule has 2 heterocycles. The monoisotopic (exact) mass is 390 g/mol. The Bertz CT molecular complexity index is 1050. The third-order valence-corrected chi connectivity index (χ3v) is 5.49. The summed E-state index contributed by atoms with van der Waals surface area (Å²) in [5, 5.41) is 7.74. The van der Waals surface area contributed by atoms with Gasteiger partial charge in [0.25, 0.3) is 0 Å². The molecule has 0 N–H and O–H groups in total. The lowest BCUT2D eigenvalue weighted by Crippen LogP contribution is -2.33. The normalized spacial score (nSPS) is 20.1. The molecule has 2 atom stereocenters. The lowest BCUT2D eigenvalue weighted by molar-refractivity contribution is -0.0190. The van der Waals surface area contributed by atoms with Gasteiger partial charge < -0.3 is 9.47 Å². The molecule has 0 spiro atoms. The van der Waals surface area contributed by atoms with Crippen LogP contribution in [0.25, 0.3) is 0 Å². The average Bonchev–Trinajstić information content (AvgIpc) is 3.19. The van der Waals surface area contributed by atoms with Crippen molar-refractivity contribution < 1.29 is 9.47 Å².